The summed E-state index contributed by atoms with van der Waals surface area (Å²) in [6.07, 6.45) is 5.09. The van der Waals surface area contributed by atoms with Gasteiger partial charge in [-0.15, -0.1) is 0 Å². The van der Waals surface area contributed by atoms with Crippen LogP contribution in [0.15, 0.2) is 54.7 Å². The van der Waals surface area contributed by atoms with Crippen LogP contribution in [0.5, 0.6) is 0 Å². The highest BCUT2D eigenvalue weighted by Crippen LogP contribution is 2.48. The standard InChI is InChI=1S/C21H18N2O2/c1-13-12-21(2,3)23-19-14(13)7-6-8-15(19)16(20(23)25)11-18(24)17-9-4-5-10-22-17/h4-12H,1-3H3/b16-11-. The first-order valence-electron chi connectivity index (χ1n) is 8.25. The molecule has 4 nitrogen and oxygen atoms in total. The first-order chi connectivity index (χ1) is 11.9. The van der Waals surface area contributed by atoms with E-state index in [0.29, 0.717) is 11.3 Å². The molecular weight excluding hydrogens is 312 g/mol. The Morgan fingerprint density at radius 3 is 2.60 bits per heavy atom. The van der Waals surface area contributed by atoms with Crippen LogP contribution < -0.4 is 4.90 Å². The van der Waals surface area contributed by atoms with Crippen molar-refractivity contribution in [2.75, 3.05) is 4.90 Å². The van der Waals surface area contributed by atoms with Crippen LogP contribution in [0.3, 0.4) is 0 Å². The van der Waals surface area contributed by atoms with Gasteiger partial charge in [0, 0.05) is 23.4 Å². The van der Waals surface area contributed by atoms with Gasteiger partial charge in [0.2, 0.25) is 5.78 Å². The van der Waals surface area contributed by atoms with Crippen LogP contribution in [0.1, 0.15) is 42.4 Å². The smallest absolute Gasteiger partial charge is 0.259 e. The molecule has 1 amide bonds. The number of nitrogens with zero attached hydrogens (tertiary/aromatic N) is 2. The molecule has 0 fully saturated rings. The molecule has 2 aromatic rings. The second-order valence-corrected chi connectivity index (χ2v) is 6.96. The van der Waals surface area contributed by atoms with Crippen LogP contribution in [0.25, 0.3) is 11.1 Å². The molecule has 0 bridgehead atoms. The maximum atomic E-state index is 13.1. The molecule has 25 heavy (non-hydrogen) atoms. The van der Waals surface area contributed by atoms with Crippen LogP contribution in [-0.4, -0.2) is 22.2 Å². The molecular formula is C21H18N2O2. The summed E-state index contributed by atoms with van der Waals surface area (Å²) in [5, 5.41) is 0. The van der Waals surface area contributed by atoms with Crippen molar-refractivity contribution in [2.24, 2.45) is 0 Å². The lowest BCUT2D eigenvalue weighted by Crippen LogP contribution is -2.46. The second-order valence-electron chi connectivity index (χ2n) is 6.96. The van der Waals surface area contributed by atoms with Gasteiger partial charge >= 0.3 is 0 Å². The molecule has 124 valence electrons. The molecule has 1 aromatic carbocycles. The fourth-order valence-corrected chi connectivity index (χ4v) is 3.73. The lowest BCUT2D eigenvalue weighted by molar-refractivity contribution is -0.113. The van der Waals surface area contributed by atoms with Crippen LogP contribution in [-0.2, 0) is 4.79 Å². The van der Waals surface area contributed by atoms with Crippen LogP contribution >= 0.6 is 0 Å². The average Bonchev–Trinajstić information content (AvgIpc) is 2.87. The molecule has 2 aliphatic heterocycles. The Labute approximate surface area is 146 Å². The van der Waals surface area contributed by atoms with E-state index in [1.54, 1.807) is 29.3 Å². The third-order valence-corrected chi connectivity index (χ3v) is 4.75. The van der Waals surface area contributed by atoms with E-state index in [2.05, 4.69) is 18.0 Å². The number of anilines is 1. The Balaban J connectivity index is 1.89. The van der Waals surface area contributed by atoms with E-state index in [1.807, 2.05) is 32.0 Å². The number of aromatic nitrogens is 1. The van der Waals surface area contributed by atoms with Gasteiger partial charge in [-0.25, -0.2) is 0 Å². The molecule has 0 atom stereocenters. The summed E-state index contributed by atoms with van der Waals surface area (Å²) >= 11 is 0. The number of carbonyl (C=O) groups excluding carboxylic acids is 2. The Morgan fingerprint density at radius 2 is 1.88 bits per heavy atom. The molecule has 0 spiro atoms. The third-order valence-electron chi connectivity index (χ3n) is 4.75. The van der Waals surface area contributed by atoms with Gasteiger partial charge < -0.3 is 0 Å². The topological polar surface area (TPSA) is 50.3 Å². The second kappa shape index (κ2) is 5.24. The van der Waals surface area contributed by atoms with E-state index >= 15 is 0 Å². The number of pyridine rings is 1. The van der Waals surface area contributed by atoms with E-state index in [0.717, 1.165) is 22.4 Å². The maximum absolute atomic E-state index is 13.1. The number of carbonyl (C=O) groups is 2. The number of hydrogen-bond acceptors (Lipinski definition) is 3. The van der Waals surface area contributed by atoms with Crippen molar-refractivity contribution in [3.05, 3.63) is 71.6 Å². The quantitative estimate of drug-likeness (QED) is 0.620. The van der Waals surface area contributed by atoms with Gasteiger partial charge in [-0.05, 0) is 38.5 Å². The zero-order valence-corrected chi connectivity index (χ0v) is 14.4. The predicted octanol–water partition coefficient (Wildman–Crippen LogP) is 3.89. The van der Waals surface area contributed by atoms with Crippen molar-refractivity contribution in [2.45, 2.75) is 26.3 Å². The Kier molecular flexibility index (Phi) is 3.25. The van der Waals surface area contributed by atoms with Crippen molar-refractivity contribution in [3.63, 3.8) is 0 Å². The largest absolute Gasteiger partial charge is 0.298 e. The van der Waals surface area contributed by atoms with Crippen molar-refractivity contribution < 1.29 is 9.59 Å². The molecule has 0 N–H and O–H groups in total. The molecule has 0 unspecified atom stereocenters. The Hall–Kier alpha value is -3.01. The predicted molar refractivity (Wildman–Crippen MR) is 98.2 cm³/mol. The van der Waals surface area contributed by atoms with Crippen molar-refractivity contribution in [1.29, 1.82) is 0 Å². The van der Waals surface area contributed by atoms with E-state index in [1.165, 1.54) is 6.08 Å². The van der Waals surface area contributed by atoms with Gasteiger partial charge in [-0.2, -0.15) is 0 Å². The maximum Gasteiger partial charge on any atom is 0.259 e. The van der Waals surface area contributed by atoms with Gasteiger partial charge in [0.05, 0.1) is 16.8 Å². The molecule has 3 heterocycles. The summed E-state index contributed by atoms with van der Waals surface area (Å²) in [6, 6.07) is 11.0. The summed E-state index contributed by atoms with van der Waals surface area (Å²) in [5.41, 5.74) is 4.23. The molecule has 4 rings (SSSR count). The molecule has 0 saturated heterocycles. The molecule has 2 aliphatic rings. The number of benzene rings is 1. The van der Waals surface area contributed by atoms with Gasteiger partial charge in [0.15, 0.2) is 0 Å². The minimum absolute atomic E-state index is 0.138. The summed E-state index contributed by atoms with van der Waals surface area (Å²) in [5.74, 6) is -0.399. The van der Waals surface area contributed by atoms with Gasteiger partial charge in [0.1, 0.15) is 5.69 Å². The molecule has 0 radical (unpaired) electrons. The summed E-state index contributed by atoms with van der Waals surface area (Å²) in [7, 11) is 0. The highest BCUT2D eigenvalue weighted by Gasteiger charge is 2.44. The minimum atomic E-state index is -0.437. The zero-order valence-electron chi connectivity index (χ0n) is 14.4. The Morgan fingerprint density at radius 1 is 1.12 bits per heavy atom. The van der Waals surface area contributed by atoms with E-state index in [9.17, 15) is 9.59 Å². The molecule has 1 aromatic heterocycles. The fourth-order valence-electron chi connectivity index (χ4n) is 3.73. The van der Waals surface area contributed by atoms with Gasteiger partial charge in [0.25, 0.3) is 5.91 Å². The number of rotatable bonds is 2. The Bertz CT molecular complexity index is 969. The van der Waals surface area contributed by atoms with Crippen LogP contribution in [0, 0.1) is 0 Å². The first-order valence-corrected chi connectivity index (χ1v) is 8.25. The van der Waals surface area contributed by atoms with Crippen molar-refractivity contribution >= 4 is 28.5 Å². The number of allylic oxidation sites excluding steroid dienone is 2. The average molecular weight is 330 g/mol. The fraction of sp³-hybridized carbons (Fsp3) is 0.190. The zero-order chi connectivity index (χ0) is 17.8. The lowest BCUT2D eigenvalue weighted by Gasteiger charge is -2.38. The highest BCUT2D eigenvalue weighted by molar-refractivity contribution is 6.37. The number of hydrogen-bond donors (Lipinski definition) is 0. The molecule has 0 saturated carbocycles. The molecule has 4 heteroatoms. The normalized spacial score (nSPS) is 19.0. The van der Waals surface area contributed by atoms with E-state index in [4.69, 9.17) is 0 Å². The van der Waals surface area contributed by atoms with Crippen molar-refractivity contribution in [1.82, 2.24) is 4.98 Å². The first kappa shape index (κ1) is 15.5. The van der Waals surface area contributed by atoms with Crippen LogP contribution in [0.4, 0.5) is 5.69 Å². The molecule has 0 aliphatic carbocycles. The van der Waals surface area contributed by atoms with E-state index in [-0.39, 0.29) is 11.7 Å². The number of para-hydroxylation sites is 1. The SMILES string of the molecule is CC1=CC(C)(C)N2C(=O)/C(=C\C(=O)c3ccccn3)c3cccc1c32. The summed E-state index contributed by atoms with van der Waals surface area (Å²) in [6.45, 7) is 6.08. The summed E-state index contributed by atoms with van der Waals surface area (Å²) in [4.78, 5) is 31.6. The van der Waals surface area contributed by atoms with Gasteiger partial charge in [-0.3, -0.25) is 19.5 Å². The van der Waals surface area contributed by atoms with Crippen LogP contribution in [0.2, 0.25) is 0 Å². The van der Waals surface area contributed by atoms with Crippen molar-refractivity contribution in [3.8, 4) is 0 Å². The third kappa shape index (κ3) is 2.25. The van der Waals surface area contributed by atoms with E-state index < -0.39 is 5.54 Å². The lowest BCUT2D eigenvalue weighted by atomic mass is 9.89. The van der Waals surface area contributed by atoms with Gasteiger partial charge in [-0.1, -0.05) is 30.3 Å². The number of ketones is 1. The monoisotopic (exact) mass is 330 g/mol. The highest BCUT2D eigenvalue weighted by atomic mass is 16.2. The summed E-state index contributed by atoms with van der Waals surface area (Å²) < 4.78 is 0. The minimum Gasteiger partial charge on any atom is -0.298 e. The number of amides is 1.